The molecule has 0 atom stereocenters. The Morgan fingerprint density at radius 3 is 2.65 bits per heavy atom. The summed E-state index contributed by atoms with van der Waals surface area (Å²) in [4.78, 5) is 11.3. The molecule has 2 rings (SSSR count). The van der Waals surface area contributed by atoms with E-state index < -0.39 is 5.91 Å². The van der Waals surface area contributed by atoms with Gasteiger partial charge < -0.3 is 15.2 Å². The Balaban J connectivity index is 2.34. The van der Waals surface area contributed by atoms with Gasteiger partial charge in [0.15, 0.2) is 11.5 Å². The Kier molecular flexibility index (Phi) is 3.22. The average molecular weight is 235 g/mol. The van der Waals surface area contributed by atoms with Gasteiger partial charge in [-0.05, 0) is 38.8 Å². The quantitative estimate of drug-likeness (QED) is 0.850. The first kappa shape index (κ1) is 11.8. The summed E-state index contributed by atoms with van der Waals surface area (Å²) in [6.07, 6.45) is 2.34. The molecule has 1 saturated carbocycles. The van der Waals surface area contributed by atoms with Crippen molar-refractivity contribution in [2.24, 2.45) is 5.73 Å². The summed E-state index contributed by atoms with van der Waals surface area (Å²) in [5.41, 5.74) is 5.70. The maximum atomic E-state index is 11.3. The van der Waals surface area contributed by atoms with Crippen LogP contribution in [0, 0.1) is 0 Å². The maximum Gasteiger partial charge on any atom is 0.252 e. The topological polar surface area (TPSA) is 61.6 Å². The van der Waals surface area contributed by atoms with Gasteiger partial charge in [0.05, 0.1) is 17.8 Å². The number of primary amides is 1. The van der Waals surface area contributed by atoms with Gasteiger partial charge >= 0.3 is 0 Å². The van der Waals surface area contributed by atoms with Crippen LogP contribution in [0.5, 0.6) is 11.5 Å². The summed E-state index contributed by atoms with van der Waals surface area (Å²) in [6.45, 7) is 3.80. The van der Waals surface area contributed by atoms with E-state index >= 15 is 0 Å². The van der Waals surface area contributed by atoms with Crippen LogP contribution in [0.4, 0.5) is 0 Å². The van der Waals surface area contributed by atoms with E-state index in [9.17, 15) is 4.79 Å². The third-order valence-electron chi connectivity index (χ3n) is 2.42. The number of carbonyl (C=O) groups excluding carboxylic acids is 1. The Morgan fingerprint density at radius 1 is 1.41 bits per heavy atom. The Morgan fingerprint density at radius 2 is 2.12 bits per heavy atom. The van der Waals surface area contributed by atoms with Gasteiger partial charge in [-0.25, -0.2) is 0 Å². The third-order valence-corrected chi connectivity index (χ3v) is 2.42. The van der Waals surface area contributed by atoms with Crippen molar-refractivity contribution in [3.63, 3.8) is 0 Å². The fraction of sp³-hybridized carbons (Fsp3) is 0.462. The first-order valence-corrected chi connectivity index (χ1v) is 5.84. The van der Waals surface area contributed by atoms with E-state index in [1.54, 1.807) is 12.1 Å². The molecule has 4 heteroatoms. The summed E-state index contributed by atoms with van der Waals surface area (Å²) in [7, 11) is 0. The van der Waals surface area contributed by atoms with Gasteiger partial charge in [-0.3, -0.25) is 4.79 Å². The molecule has 1 aromatic carbocycles. The Hall–Kier alpha value is -1.71. The van der Waals surface area contributed by atoms with Crippen LogP contribution in [0.3, 0.4) is 0 Å². The fourth-order valence-corrected chi connectivity index (χ4v) is 1.53. The van der Waals surface area contributed by atoms with Gasteiger partial charge in [-0.1, -0.05) is 6.07 Å². The summed E-state index contributed by atoms with van der Waals surface area (Å²) < 4.78 is 11.4. The zero-order valence-corrected chi connectivity index (χ0v) is 10.1. The number of rotatable bonds is 5. The number of benzene rings is 1. The number of hydrogen-bond donors (Lipinski definition) is 1. The molecule has 0 radical (unpaired) electrons. The standard InChI is InChI=1S/C13H17NO3/c1-8(2)16-12-10(13(14)15)4-3-5-11(12)17-9-6-7-9/h3-5,8-9H,6-7H2,1-2H3,(H2,14,15). The van der Waals surface area contributed by atoms with Crippen molar-refractivity contribution in [1.29, 1.82) is 0 Å². The van der Waals surface area contributed by atoms with Crippen molar-refractivity contribution < 1.29 is 14.3 Å². The van der Waals surface area contributed by atoms with Crippen molar-refractivity contribution in [1.82, 2.24) is 0 Å². The predicted molar refractivity (Wildman–Crippen MR) is 64.4 cm³/mol. The second-order valence-corrected chi connectivity index (χ2v) is 4.48. The number of carbonyl (C=O) groups is 1. The molecule has 92 valence electrons. The first-order chi connectivity index (χ1) is 8.08. The minimum Gasteiger partial charge on any atom is -0.487 e. The van der Waals surface area contributed by atoms with Gasteiger partial charge in [-0.15, -0.1) is 0 Å². The largest absolute Gasteiger partial charge is 0.487 e. The molecule has 2 N–H and O–H groups in total. The molecule has 17 heavy (non-hydrogen) atoms. The molecular weight excluding hydrogens is 218 g/mol. The van der Waals surface area contributed by atoms with Crippen LogP contribution in [0.25, 0.3) is 0 Å². The monoisotopic (exact) mass is 235 g/mol. The van der Waals surface area contributed by atoms with Crippen molar-refractivity contribution >= 4 is 5.91 Å². The average Bonchev–Trinajstić information content (AvgIpc) is 3.03. The lowest BCUT2D eigenvalue weighted by molar-refractivity contribution is 0.0993. The number of amides is 1. The van der Waals surface area contributed by atoms with Crippen LogP contribution < -0.4 is 15.2 Å². The van der Waals surface area contributed by atoms with Crippen LogP contribution in [-0.4, -0.2) is 18.1 Å². The lowest BCUT2D eigenvalue weighted by Crippen LogP contribution is -2.16. The van der Waals surface area contributed by atoms with Crippen molar-refractivity contribution in [2.75, 3.05) is 0 Å². The van der Waals surface area contributed by atoms with E-state index in [4.69, 9.17) is 15.2 Å². The molecule has 1 aliphatic carbocycles. The predicted octanol–water partition coefficient (Wildman–Crippen LogP) is 2.11. The molecule has 1 amide bonds. The molecule has 4 nitrogen and oxygen atoms in total. The van der Waals surface area contributed by atoms with E-state index in [1.807, 2.05) is 19.9 Å². The second-order valence-electron chi connectivity index (χ2n) is 4.48. The van der Waals surface area contributed by atoms with Crippen LogP contribution in [0.2, 0.25) is 0 Å². The lowest BCUT2D eigenvalue weighted by Gasteiger charge is -2.17. The molecule has 1 aromatic rings. The molecule has 0 aromatic heterocycles. The van der Waals surface area contributed by atoms with E-state index in [2.05, 4.69) is 0 Å². The van der Waals surface area contributed by atoms with Crippen LogP contribution in [0.15, 0.2) is 18.2 Å². The van der Waals surface area contributed by atoms with Crippen molar-refractivity contribution in [3.05, 3.63) is 23.8 Å². The van der Waals surface area contributed by atoms with Crippen LogP contribution in [-0.2, 0) is 0 Å². The molecular formula is C13H17NO3. The van der Waals surface area contributed by atoms with E-state index in [-0.39, 0.29) is 12.2 Å². The molecule has 0 bridgehead atoms. The van der Waals surface area contributed by atoms with Crippen molar-refractivity contribution in [2.45, 2.75) is 38.9 Å². The summed E-state index contributed by atoms with van der Waals surface area (Å²) in [6, 6.07) is 5.22. The van der Waals surface area contributed by atoms with Crippen LogP contribution in [0.1, 0.15) is 37.0 Å². The van der Waals surface area contributed by atoms with Gasteiger partial charge in [0.2, 0.25) is 0 Å². The fourth-order valence-electron chi connectivity index (χ4n) is 1.53. The normalized spacial score (nSPS) is 14.8. The lowest BCUT2D eigenvalue weighted by atomic mass is 10.1. The van der Waals surface area contributed by atoms with Gasteiger partial charge in [-0.2, -0.15) is 0 Å². The Labute approximate surface area is 101 Å². The van der Waals surface area contributed by atoms with Gasteiger partial charge in [0.1, 0.15) is 0 Å². The van der Waals surface area contributed by atoms with Gasteiger partial charge in [0.25, 0.3) is 5.91 Å². The minimum absolute atomic E-state index is 0.0305. The molecule has 0 aliphatic heterocycles. The minimum atomic E-state index is -0.498. The highest BCUT2D eigenvalue weighted by molar-refractivity contribution is 5.96. The number of para-hydroxylation sites is 1. The van der Waals surface area contributed by atoms with E-state index in [0.29, 0.717) is 17.1 Å². The molecule has 0 saturated heterocycles. The molecule has 0 unspecified atom stereocenters. The number of ether oxygens (including phenoxy) is 2. The molecule has 0 heterocycles. The van der Waals surface area contributed by atoms with Crippen molar-refractivity contribution in [3.8, 4) is 11.5 Å². The first-order valence-electron chi connectivity index (χ1n) is 5.84. The van der Waals surface area contributed by atoms with E-state index in [0.717, 1.165) is 12.8 Å². The summed E-state index contributed by atoms with van der Waals surface area (Å²) >= 11 is 0. The summed E-state index contributed by atoms with van der Waals surface area (Å²) in [5.74, 6) is 0.571. The molecule has 0 spiro atoms. The summed E-state index contributed by atoms with van der Waals surface area (Å²) in [5, 5.41) is 0. The zero-order valence-electron chi connectivity index (χ0n) is 10.1. The number of nitrogens with two attached hydrogens (primary N) is 1. The SMILES string of the molecule is CC(C)Oc1c(OC2CC2)cccc1C(N)=O. The van der Waals surface area contributed by atoms with Crippen LogP contribution >= 0.6 is 0 Å². The number of hydrogen-bond acceptors (Lipinski definition) is 3. The zero-order chi connectivity index (χ0) is 12.4. The maximum absolute atomic E-state index is 11.3. The Bertz CT molecular complexity index is 425. The smallest absolute Gasteiger partial charge is 0.252 e. The highest BCUT2D eigenvalue weighted by Crippen LogP contribution is 2.36. The van der Waals surface area contributed by atoms with Gasteiger partial charge in [0, 0.05) is 0 Å². The highest BCUT2D eigenvalue weighted by atomic mass is 16.5. The third kappa shape index (κ3) is 2.90. The molecule has 1 fully saturated rings. The highest BCUT2D eigenvalue weighted by Gasteiger charge is 2.26. The molecule has 1 aliphatic rings. The second kappa shape index (κ2) is 4.65. The van der Waals surface area contributed by atoms with E-state index in [1.165, 1.54) is 0 Å².